The van der Waals surface area contributed by atoms with Crippen molar-refractivity contribution in [3.63, 3.8) is 0 Å². The number of aromatic nitrogens is 4. The lowest BCUT2D eigenvalue weighted by Gasteiger charge is -2.38. The van der Waals surface area contributed by atoms with E-state index in [-0.39, 0.29) is 24.4 Å². The van der Waals surface area contributed by atoms with Crippen molar-refractivity contribution in [1.82, 2.24) is 19.6 Å². The molecule has 45 heavy (non-hydrogen) atoms. The van der Waals surface area contributed by atoms with Crippen LogP contribution in [0, 0.1) is 5.92 Å². The van der Waals surface area contributed by atoms with Gasteiger partial charge in [-0.2, -0.15) is 10.2 Å². The maximum Gasteiger partial charge on any atom is 0.192 e. The summed E-state index contributed by atoms with van der Waals surface area (Å²) in [5.74, 6) is 1.69. The molecule has 0 saturated carbocycles. The van der Waals surface area contributed by atoms with E-state index in [0.29, 0.717) is 35.1 Å². The molecule has 0 amide bonds. The lowest BCUT2D eigenvalue weighted by Crippen LogP contribution is -2.44. The first-order valence-corrected chi connectivity index (χ1v) is 18.6. The van der Waals surface area contributed by atoms with Crippen LogP contribution in [0.1, 0.15) is 64.9 Å². The Morgan fingerprint density at radius 2 is 1.24 bits per heavy atom. The molecule has 2 aliphatic heterocycles. The van der Waals surface area contributed by atoms with E-state index in [9.17, 15) is 20.4 Å². The first-order valence-electron chi connectivity index (χ1n) is 15.7. The number of hydrogen-bond acceptors (Lipinski definition) is 9. The molecule has 2 aromatic carbocycles. The Bertz CT molecular complexity index is 1640. The van der Waals surface area contributed by atoms with Crippen LogP contribution in [0.4, 0.5) is 0 Å². The fraction of sp³-hybridized carbons (Fsp3) is 0.576. The number of aliphatic hydroxyl groups excluding tert-OH is 4. The fourth-order valence-corrected chi connectivity index (χ4v) is 7.13. The fourth-order valence-electron chi connectivity index (χ4n) is 5.70. The molecule has 4 heterocycles. The van der Waals surface area contributed by atoms with Gasteiger partial charge >= 0.3 is 0 Å². The van der Waals surface area contributed by atoms with Crippen LogP contribution >= 0.6 is 0 Å². The van der Waals surface area contributed by atoms with Crippen molar-refractivity contribution in [1.29, 1.82) is 0 Å². The van der Waals surface area contributed by atoms with Crippen LogP contribution < -0.4 is 9.47 Å². The normalized spacial score (nSPS) is 22.3. The summed E-state index contributed by atoms with van der Waals surface area (Å²) in [7, 11) is -1.88. The molecule has 246 valence electrons. The van der Waals surface area contributed by atoms with Gasteiger partial charge in [-0.15, -0.1) is 0 Å². The van der Waals surface area contributed by atoms with E-state index in [0.717, 1.165) is 28.4 Å². The predicted octanol–water partition coefficient (Wildman–Crippen LogP) is 4.71. The van der Waals surface area contributed by atoms with Gasteiger partial charge in [0.05, 0.1) is 47.2 Å². The van der Waals surface area contributed by atoms with Crippen molar-refractivity contribution in [2.24, 2.45) is 5.92 Å². The molecule has 0 spiro atoms. The van der Waals surface area contributed by atoms with E-state index in [1.165, 1.54) is 0 Å². The van der Waals surface area contributed by atoms with E-state index in [1.807, 2.05) is 33.6 Å². The zero-order chi connectivity index (χ0) is 32.8. The third-order valence-electron chi connectivity index (χ3n) is 9.01. The second-order valence-corrected chi connectivity index (χ2v) is 19.0. The van der Waals surface area contributed by atoms with Crippen LogP contribution in [0.2, 0.25) is 18.1 Å². The van der Waals surface area contributed by atoms with Crippen molar-refractivity contribution in [2.75, 3.05) is 13.2 Å². The summed E-state index contributed by atoms with van der Waals surface area (Å²) in [6, 6.07) is 7.52. The summed E-state index contributed by atoms with van der Waals surface area (Å²) in [5.41, 5.74) is 2.92. The van der Waals surface area contributed by atoms with Gasteiger partial charge in [0.25, 0.3) is 0 Å². The number of rotatable bonds is 6. The average Bonchev–Trinajstić information content (AvgIpc) is 3.55. The van der Waals surface area contributed by atoms with E-state index < -0.39 is 32.7 Å². The van der Waals surface area contributed by atoms with Crippen LogP contribution in [-0.2, 0) is 17.5 Å². The molecule has 5 atom stereocenters. The number of aliphatic hydroxyl groups is 4. The predicted molar refractivity (Wildman–Crippen MR) is 175 cm³/mol. The Labute approximate surface area is 265 Å². The molecule has 0 aliphatic carbocycles. The Hall–Kier alpha value is -3.00. The lowest BCUT2D eigenvalue weighted by molar-refractivity contribution is -0.0248. The molecule has 0 unspecified atom stereocenters. The van der Waals surface area contributed by atoms with Crippen LogP contribution in [0.15, 0.2) is 36.7 Å². The van der Waals surface area contributed by atoms with Gasteiger partial charge in [-0.25, -0.2) is 0 Å². The molecule has 0 saturated heterocycles. The van der Waals surface area contributed by atoms with Crippen molar-refractivity contribution in [3.8, 4) is 11.5 Å². The van der Waals surface area contributed by atoms with Crippen molar-refractivity contribution in [3.05, 3.63) is 47.8 Å². The summed E-state index contributed by atoms with van der Waals surface area (Å²) < 4.78 is 21.3. The highest BCUT2D eigenvalue weighted by Gasteiger charge is 2.39. The second kappa shape index (κ2) is 12.7. The number of hydrogen-bond donors (Lipinski definition) is 4. The number of fused-ring (bicyclic) bond motifs is 6. The molecule has 4 aromatic rings. The zero-order valence-corrected chi connectivity index (χ0v) is 28.6. The highest BCUT2D eigenvalue weighted by Crippen LogP contribution is 2.40. The van der Waals surface area contributed by atoms with Crippen LogP contribution in [-0.4, -0.2) is 79.8 Å². The monoisotopic (exact) mass is 640 g/mol. The summed E-state index contributed by atoms with van der Waals surface area (Å²) in [4.78, 5) is 0. The molecule has 6 rings (SSSR count). The van der Waals surface area contributed by atoms with E-state index in [2.05, 4.69) is 64.8 Å². The van der Waals surface area contributed by atoms with Gasteiger partial charge in [-0.1, -0.05) is 34.6 Å². The number of ether oxygens (including phenoxy) is 2. The number of nitrogens with zero attached hydrogens (tertiary/aromatic N) is 4. The number of benzene rings is 2. The topological polar surface area (TPSA) is 144 Å². The Kier molecular flexibility index (Phi) is 9.38. The molecule has 11 nitrogen and oxygen atoms in total. The highest BCUT2D eigenvalue weighted by molar-refractivity contribution is 6.74. The molecule has 0 bridgehead atoms. The lowest BCUT2D eigenvalue weighted by atomic mass is 9.98. The highest BCUT2D eigenvalue weighted by atomic mass is 28.4. The van der Waals surface area contributed by atoms with Gasteiger partial charge in [0.1, 0.15) is 49.1 Å². The molecule has 2 aromatic heterocycles. The molecule has 4 N–H and O–H groups in total. The molecular weight excluding hydrogens is 592 g/mol. The van der Waals surface area contributed by atoms with E-state index >= 15 is 0 Å². The summed E-state index contributed by atoms with van der Waals surface area (Å²) in [5, 5.41) is 51.4. The van der Waals surface area contributed by atoms with Crippen LogP contribution in [0.5, 0.6) is 11.5 Å². The minimum Gasteiger partial charge on any atom is -0.490 e. The van der Waals surface area contributed by atoms with E-state index in [4.69, 9.17) is 13.9 Å². The minimum absolute atomic E-state index is 0.0126. The van der Waals surface area contributed by atoms with Crippen molar-refractivity contribution >= 4 is 30.1 Å². The first kappa shape index (κ1) is 33.4. The van der Waals surface area contributed by atoms with Crippen molar-refractivity contribution in [2.45, 2.75) is 103 Å². The summed E-state index contributed by atoms with van der Waals surface area (Å²) in [6.45, 7) is 19.0. The minimum atomic E-state index is -1.88. The van der Waals surface area contributed by atoms with Gasteiger partial charge in [0, 0.05) is 17.3 Å². The quantitative estimate of drug-likeness (QED) is 0.220. The Balaban J connectivity index is 0.000000186. The molecule has 2 aliphatic rings. The van der Waals surface area contributed by atoms with E-state index in [1.54, 1.807) is 12.4 Å². The van der Waals surface area contributed by atoms with Gasteiger partial charge in [-0.05, 0) is 55.2 Å². The van der Waals surface area contributed by atoms with Crippen LogP contribution in [0.25, 0.3) is 21.8 Å². The SMILES string of the molecule is CC(C)Cn1ncc2ccc3c(c21)[C@H](O)[C@H](O)CO3.C[C@H](Cn1ncc2ccc3c(c21)[C@@H](O)[C@@H](O)CO3)O[Si](C)(C)C(C)(C)C. The summed E-state index contributed by atoms with van der Waals surface area (Å²) in [6.07, 6.45) is -0.169. The molecular formula is C33H48N4O7Si. The van der Waals surface area contributed by atoms with Gasteiger partial charge in [0.15, 0.2) is 8.32 Å². The third kappa shape index (κ3) is 6.63. The van der Waals surface area contributed by atoms with Gasteiger partial charge < -0.3 is 34.3 Å². The second-order valence-electron chi connectivity index (χ2n) is 14.2. The smallest absolute Gasteiger partial charge is 0.192 e. The Morgan fingerprint density at radius 3 is 1.67 bits per heavy atom. The van der Waals surface area contributed by atoms with Gasteiger partial charge in [0.2, 0.25) is 0 Å². The molecule has 0 fully saturated rings. The van der Waals surface area contributed by atoms with Crippen LogP contribution in [0.3, 0.4) is 0 Å². The van der Waals surface area contributed by atoms with Crippen molar-refractivity contribution < 1.29 is 34.3 Å². The average molecular weight is 641 g/mol. The maximum atomic E-state index is 10.5. The Morgan fingerprint density at radius 1 is 0.800 bits per heavy atom. The first-order chi connectivity index (χ1) is 21.1. The third-order valence-corrected chi connectivity index (χ3v) is 13.6. The molecule has 12 heteroatoms. The maximum absolute atomic E-state index is 10.5. The molecule has 0 radical (unpaired) electrons. The largest absolute Gasteiger partial charge is 0.490 e. The summed E-state index contributed by atoms with van der Waals surface area (Å²) >= 11 is 0. The zero-order valence-electron chi connectivity index (χ0n) is 27.6. The standard InChI is InChI=1S/C19H30N2O4Si.C14H18N2O3/c1-12(25-26(5,6)19(2,3)4)10-21-17-13(9-20-21)7-8-15-16(17)18(23)14(22)11-24-15;1-8(2)6-16-13-9(5-15-16)3-4-11-12(13)14(18)10(17)7-19-11/h7-9,12,14,18,22-23H,10-11H2,1-6H3;3-5,8,10,14,17-18H,6-7H2,1-2H3/t12-,14+,18+;10-,14-/m11/s1. The van der Waals surface area contributed by atoms with Gasteiger partial charge in [-0.3, -0.25) is 9.36 Å².